The molecule has 31 heavy (non-hydrogen) atoms. The number of rotatable bonds is 5. The molecule has 6 nitrogen and oxygen atoms in total. The number of benzene rings is 1. The normalized spacial score (nSPS) is 23.8. The Hall–Kier alpha value is -2.21. The van der Waals surface area contributed by atoms with E-state index in [0.717, 1.165) is 74.4 Å². The molecular formula is C25H34N2O4. The second kappa shape index (κ2) is 8.73. The second-order valence-corrected chi connectivity index (χ2v) is 9.52. The van der Waals surface area contributed by atoms with Crippen LogP contribution in [0.15, 0.2) is 24.3 Å². The molecule has 3 fully saturated rings. The van der Waals surface area contributed by atoms with E-state index in [4.69, 9.17) is 14.3 Å². The fourth-order valence-corrected chi connectivity index (χ4v) is 5.53. The van der Waals surface area contributed by atoms with Crippen LogP contribution >= 0.6 is 0 Å². The highest BCUT2D eigenvalue weighted by atomic mass is 16.7. The standard InChI is InChI=1S/C25H34N2O4/c1-29-22-11-10-19(16-23(22)30-20-8-4-5-9-20)21-17-25(31-26-21)12-14-27(15-13-25)24(28)18-6-2-3-7-18/h10-11,16-18,20,26H,2-9,12-15H2,1H3. The third kappa shape index (κ3) is 4.27. The van der Waals surface area contributed by atoms with Gasteiger partial charge in [0.05, 0.1) is 18.9 Å². The Kier molecular flexibility index (Phi) is 5.83. The Morgan fingerprint density at radius 2 is 1.77 bits per heavy atom. The second-order valence-electron chi connectivity index (χ2n) is 9.52. The lowest BCUT2D eigenvalue weighted by molar-refractivity contribution is -0.140. The van der Waals surface area contributed by atoms with E-state index in [2.05, 4.69) is 22.5 Å². The summed E-state index contributed by atoms with van der Waals surface area (Å²) >= 11 is 0. The van der Waals surface area contributed by atoms with E-state index in [1.165, 1.54) is 25.7 Å². The van der Waals surface area contributed by atoms with Gasteiger partial charge in [0.15, 0.2) is 11.5 Å². The number of hydrogen-bond acceptors (Lipinski definition) is 5. The molecule has 0 bridgehead atoms. The van der Waals surface area contributed by atoms with Crippen molar-refractivity contribution in [2.45, 2.75) is 75.9 Å². The Bertz CT molecular complexity index is 832. The lowest BCUT2D eigenvalue weighted by Gasteiger charge is -2.37. The summed E-state index contributed by atoms with van der Waals surface area (Å²) in [4.78, 5) is 20.9. The lowest BCUT2D eigenvalue weighted by atomic mass is 9.89. The molecule has 1 amide bonds. The van der Waals surface area contributed by atoms with Crippen LogP contribution in [-0.4, -0.2) is 42.7 Å². The smallest absolute Gasteiger partial charge is 0.225 e. The zero-order chi connectivity index (χ0) is 21.3. The van der Waals surface area contributed by atoms with Crippen molar-refractivity contribution in [2.75, 3.05) is 20.2 Å². The minimum Gasteiger partial charge on any atom is -0.493 e. The van der Waals surface area contributed by atoms with Crippen LogP contribution in [0.2, 0.25) is 0 Å². The minimum atomic E-state index is -0.339. The van der Waals surface area contributed by atoms with E-state index in [1.807, 2.05) is 12.1 Å². The number of nitrogens with one attached hydrogen (secondary N) is 1. The van der Waals surface area contributed by atoms with Crippen molar-refractivity contribution >= 4 is 11.6 Å². The number of carbonyl (C=O) groups is 1. The summed E-state index contributed by atoms with van der Waals surface area (Å²) in [6.45, 7) is 1.53. The number of hydroxylamine groups is 1. The fraction of sp³-hybridized carbons (Fsp3) is 0.640. The predicted octanol–water partition coefficient (Wildman–Crippen LogP) is 4.44. The molecular weight excluding hydrogens is 392 g/mol. The molecule has 0 aromatic heterocycles. The Labute approximate surface area is 184 Å². The summed E-state index contributed by atoms with van der Waals surface area (Å²) in [5.41, 5.74) is 4.82. The van der Waals surface area contributed by atoms with Crippen molar-refractivity contribution in [3.8, 4) is 11.5 Å². The van der Waals surface area contributed by atoms with Crippen LogP contribution in [0.4, 0.5) is 0 Å². The number of carbonyl (C=O) groups excluding carboxylic acids is 1. The molecule has 168 valence electrons. The Morgan fingerprint density at radius 1 is 1.06 bits per heavy atom. The number of ether oxygens (including phenoxy) is 2. The Balaban J connectivity index is 1.27. The van der Waals surface area contributed by atoms with Crippen molar-refractivity contribution in [2.24, 2.45) is 5.92 Å². The van der Waals surface area contributed by atoms with Gasteiger partial charge in [0.1, 0.15) is 5.60 Å². The SMILES string of the molecule is COc1ccc(C2=CC3(CCN(C(=O)C4CCCC4)CC3)ON2)cc1OC1CCCC1. The van der Waals surface area contributed by atoms with Gasteiger partial charge in [0, 0.05) is 37.4 Å². The average molecular weight is 427 g/mol. The number of piperidine rings is 1. The van der Waals surface area contributed by atoms with Gasteiger partial charge in [-0.2, -0.15) is 0 Å². The zero-order valence-electron chi connectivity index (χ0n) is 18.5. The van der Waals surface area contributed by atoms with E-state index in [-0.39, 0.29) is 17.6 Å². The van der Waals surface area contributed by atoms with Gasteiger partial charge in [0.2, 0.25) is 5.91 Å². The van der Waals surface area contributed by atoms with Gasteiger partial charge in [-0.05, 0) is 62.8 Å². The molecule has 1 aromatic rings. The summed E-state index contributed by atoms with van der Waals surface area (Å²) < 4.78 is 11.8. The van der Waals surface area contributed by atoms with Crippen LogP contribution in [0, 0.1) is 5.92 Å². The van der Waals surface area contributed by atoms with Gasteiger partial charge in [0.25, 0.3) is 0 Å². The van der Waals surface area contributed by atoms with Crippen LogP contribution in [0.25, 0.3) is 5.70 Å². The third-order valence-corrected chi connectivity index (χ3v) is 7.47. The Morgan fingerprint density at radius 3 is 2.48 bits per heavy atom. The number of hydrogen-bond donors (Lipinski definition) is 1. The lowest BCUT2D eigenvalue weighted by Crippen LogP contribution is -2.48. The summed E-state index contributed by atoms with van der Waals surface area (Å²) in [6, 6.07) is 6.06. The summed E-state index contributed by atoms with van der Waals surface area (Å²) in [5, 5.41) is 0. The quantitative estimate of drug-likeness (QED) is 0.754. The van der Waals surface area contributed by atoms with Crippen molar-refractivity contribution in [3.05, 3.63) is 29.8 Å². The first-order valence-corrected chi connectivity index (χ1v) is 12.0. The van der Waals surface area contributed by atoms with E-state index in [0.29, 0.717) is 5.91 Å². The molecule has 4 aliphatic rings. The molecule has 5 rings (SSSR count). The maximum Gasteiger partial charge on any atom is 0.225 e. The molecule has 1 aromatic carbocycles. The van der Waals surface area contributed by atoms with E-state index in [9.17, 15) is 4.79 Å². The van der Waals surface area contributed by atoms with E-state index in [1.54, 1.807) is 7.11 Å². The third-order valence-electron chi connectivity index (χ3n) is 7.47. The van der Waals surface area contributed by atoms with Gasteiger partial charge in [-0.3, -0.25) is 15.1 Å². The first-order chi connectivity index (χ1) is 15.2. The fourth-order valence-electron chi connectivity index (χ4n) is 5.53. The first-order valence-electron chi connectivity index (χ1n) is 12.0. The van der Waals surface area contributed by atoms with Crippen LogP contribution in [0.3, 0.4) is 0 Å². The maximum absolute atomic E-state index is 12.8. The van der Waals surface area contributed by atoms with E-state index < -0.39 is 0 Å². The van der Waals surface area contributed by atoms with Gasteiger partial charge in [-0.15, -0.1) is 0 Å². The predicted molar refractivity (Wildman–Crippen MR) is 119 cm³/mol. The van der Waals surface area contributed by atoms with Gasteiger partial charge in [-0.25, -0.2) is 0 Å². The number of nitrogens with zero attached hydrogens (tertiary/aromatic N) is 1. The van der Waals surface area contributed by atoms with Gasteiger partial charge < -0.3 is 14.4 Å². The maximum atomic E-state index is 12.8. The molecule has 1 saturated heterocycles. The van der Waals surface area contributed by atoms with Crippen LogP contribution in [0.5, 0.6) is 11.5 Å². The highest BCUT2D eigenvalue weighted by molar-refractivity contribution is 5.79. The van der Waals surface area contributed by atoms with E-state index >= 15 is 0 Å². The van der Waals surface area contributed by atoms with Gasteiger partial charge >= 0.3 is 0 Å². The molecule has 1 spiro atoms. The highest BCUT2D eigenvalue weighted by Crippen LogP contribution is 2.39. The van der Waals surface area contributed by atoms with Crippen LogP contribution in [-0.2, 0) is 9.63 Å². The van der Waals surface area contributed by atoms with Crippen LogP contribution < -0.4 is 15.0 Å². The minimum absolute atomic E-state index is 0.250. The molecule has 2 aliphatic heterocycles. The number of likely N-dealkylation sites (tertiary alicyclic amines) is 1. The zero-order valence-corrected chi connectivity index (χ0v) is 18.5. The van der Waals surface area contributed by atoms with Crippen molar-refractivity contribution < 1.29 is 19.1 Å². The molecule has 6 heteroatoms. The van der Waals surface area contributed by atoms with Gasteiger partial charge in [-0.1, -0.05) is 12.8 Å². The highest BCUT2D eigenvalue weighted by Gasteiger charge is 2.41. The molecule has 1 N–H and O–H groups in total. The summed E-state index contributed by atoms with van der Waals surface area (Å²) in [7, 11) is 1.68. The molecule has 2 heterocycles. The molecule has 2 saturated carbocycles. The van der Waals surface area contributed by atoms with Crippen molar-refractivity contribution in [1.29, 1.82) is 0 Å². The monoisotopic (exact) mass is 426 g/mol. The molecule has 0 atom stereocenters. The molecule has 0 unspecified atom stereocenters. The summed E-state index contributed by atoms with van der Waals surface area (Å²) in [5.74, 6) is 2.17. The number of methoxy groups -OCH3 is 1. The largest absolute Gasteiger partial charge is 0.493 e. The average Bonchev–Trinajstić information content (AvgIpc) is 3.57. The number of amides is 1. The topological polar surface area (TPSA) is 60.0 Å². The molecule has 0 radical (unpaired) electrons. The van der Waals surface area contributed by atoms with Crippen LogP contribution in [0.1, 0.15) is 69.8 Å². The van der Waals surface area contributed by atoms with Crippen molar-refractivity contribution in [1.82, 2.24) is 10.4 Å². The van der Waals surface area contributed by atoms with Crippen molar-refractivity contribution in [3.63, 3.8) is 0 Å². The molecule has 2 aliphatic carbocycles. The first kappa shape index (κ1) is 20.7. The summed E-state index contributed by atoms with van der Waals surface area (Å²) in [6.07, 6.45) is 13.3.